The van der Waals surface area contributed by atoms with E-state index in [1.165, 1.54) is 6.26 Å². The molecule has 1 N–H and O–H groups in total. The second-order valence-electron chi connectivity index (χ2n) is 5.57. The fourth-order valence-corrected chi connectivity index (χ4v) is 2.68. The SMILES string of the molecule is CC(C)Cn1ccnc1NCc1ccc(S(C)(=O)=O)cc1. The molecule has 0 saturated heterocycles. The predicted octanol–water partition coefficient (Wildman–Crippen LogP) is 2.55. The Morgan fingerprint density at radius 1 is 1.24 bits per heavy atom. The summed E-state index contributed by atoms with van der Waals surface area (Å²) in [7, 11) is -3.13. The van der Waals surface area contributed by atoms with Gasteiger partial charge in [-0.25, -0.2) is 13.4 Å². The number of rotatable bonds is 6. The van der Waals surface area contributed by atoms with Crippen molar-refractivity contribution in [1.29, 1.82) is 0 Å². The Kier molecular flexibility index (Phi) is 4.67. The van der Waals surface area contributed by atoms with Crippen LogP contribution >= 0.6 is 0 Å². The first-order valence-corrected chi connectivity index (χ1v) is 8.79. The average molecular weight is 307 g/mol. The smallest absolute Gasteiger partial charge is 0.203 e. The van der Waals surface area contributed by atoms with Crippen LogP contribution in [0.25, 0.3) is 0 Å². The summed E-state index contributed by atoms with van der Waals surface area (Å²) in [4.78, 5) is 4.64. The van der Waals surface area contributed by atoms with Gasteiger partial charge in [0.2, 0.25) is 5.95 Å². The molecule has 5 nitrogen and oxygen atoms in total. The van der Waals surface area contributed by atoms with Gasteiger partial charge in [-0.15, -0.1) is 0 Å². The summed E-state index contributed by atoms with van der Waals surface area (Å²) in [6, 6.07) is 6.90. The van der Waals surface area contributed by atoms with Crippen molar-refractivity contribution in [1.82, 2.24) is 9.55 Å². The van der Waals surface area contributed by atoms with Gasteiger partial charge in [0, 0.05) is 31.7 Å². The van der Waals surface area contributed by atoms with E-state index in [-0.39, 0.29) is 0 Å². The van der Waals surface area contributed by atoms with Gasteiger partial charge in [-0.3, -0.25) is 0 Å². The standard InChI is InChI=1S/C15H21N3O2S/c1-12(2)11-18-9-8-16-15(18)17-10-13-4-6-14(7-5-13)21(3,19)20/h4-9,12H,10-11H2,1-3H3,(H,16,17). The second kappa shape index (κ2) is 6.30. The van der Waals surface area contributed by atoms with Crippen molar-refractivity contribution < 1.29 is 8.42 Å². The molecule has 0 aliphatic heterocycles. The Morgan fingerprint density at radius 2 is 1.90 bits per heavy atom. The van der Waals surface area contributed by atoms with Gasteiger partial charge in [0.15, 0.2) is 9.84 Å². The Bertz CT molecular complexity index is 688. The number of nitrogens with zero attached hydrogens (tertiary/aromatic N) is 2. The number of anilines is 1. The lowest BCUT2D eigenvalue weighted by atomic mass is 10.2. The van der Waals surface area contributed by atoms with Crippen LogP contribution in [0.4, 0.5) is 5.95 Å². The van der Waals surface area contributed by atoms with E-state index in [4.69, 9.17) is 0 Å². The normalized spacial score (nSPS) is 11.8. The summed E-state index contributed by atoms with van der Waals surface area (Å²) >= 11 is 0. The molecule has 1 heterocycles. The van der Waals surface area contributed by atoms with E-state index in [2.05, 4.69) is 28.7 Å². The molecule has 2 rings (SSSR count). The van der Waals surface area contributed by atoms with Gasteiger partial charge < -0.3 is 9.88 Å². The maximum absolute atomic E-state index is 11.4. The molecular formula is C15H21N3O2S. The van der Waals surface area contributed by atoms with Crippen LogP contribution in [0.1, 0.15) is 19.4 Å². The first kappa shape index (κ1) is 15.6. The van der Waals surface area contributed by atoms with Crippen LogP contribution in [0.15, 0.2) is 41.6 Å². The number of aromatic nitrogens is 2. The lowest BCUT2D eigenvalue weighted by molar-refractivity contribution is 0.526. The molecule has 0 spiro atoms. The van der Waals surface area contributed by atoms with Crippen molar-refractivity contribution in [3.05, 3.63) is 42.2 Å². The number of hydrogen-bond donors (Lipinski definition) is 1. The Labute approximate surface area is 125 Å². The van der Waals surface area contributed by atoms with Crippen LogP contribution in [0.3, 0.4) is 0 Å². The van der Waals surface area contributed by atoms with E-state index < -0.39 is 9.84 Å². The van der Waals surface area contributed by atoms with Crippen molar-refractivity contribution in [3.8, 4) is 0 Å². The third kappa shape index (κ3) is 4.32. The van der Waals surface area contributed by atoms with Gasteiger partial charge in [-0.2, -0.15) is 0 Å². The number of imidazole rings is 1. The van der Waals surface area contributed by atoms with Crippen molar-refractivity contribution in [2.45, 2.75) is 31.8 Å². The Hall–Kier alpha value is -1.82. The summed E-state index contributed by atoms with van der Waals surface area (Å²) in [5.41, 5.74) is 1.02. The van der Waals surface area contributed by atoms with Gasteiger partial charge in [-0.05, 0) is 23.6 Å². The van der Waals surface area contributed by atoms with E-state index in [9.17, 15) is 8.42 Å². The maximum Gasteiger partial charge on any atom is 0.203 e. The Morgan fingerprint density at radius 3 is 2.48 bits per heavy atom. The summed E-state index contributed by atoms with van der Waals surface area (Å²) in [5.74, 6) is 1.38. The molecule has 1 aromatic heterocycles. The highest BCUT2D eigenvalue weighted by molar-refractivity contribution is 7.90. The maximum atomic E-state index is 11.4. The molecule has 0 atom stereocenters. The molecule has 1 aromatic carbocycles. The third-order valence-corrected chi connectivity index (χ3v) is 4.21. The van der Waals surface area contributed by atoms with Crippen LogP contribution in [0.5, 0.6) is 0 Å². The first-order valence-electron chi connectivity index (χ1n) is 6.90. The number of benzene rings is 1. The molecular weight excluding hydrogens is 286 g/mol. The van der Waals surface area contributed by atoms with Crippen LogP contribution in [-0.2, 0) is 22.9 Å². The van der Waals surface area contributed by atoms with Crippen LogP contribution in [0, 0.1) is 5.92 Å². The van der Waals surface area contributed by atoms with E-state index in [1.54, 1.807) is 18.3 Å². The quantitative estimate of drug-likeness (QED) is 0.891. The van der Waals surface area contributed by atoms with E-state index in [0.717, 1.165) is 18.1 Å². The summed E-state index contributed by atoms with van der Waals surface area (Å²) < 4.78 is 24.9. The minimum atomic E-state index is -3.13. The molecule has 114 valence electrons. The monoisotopic (exact) mass is 307 g/mol. The molecule has 0 bridgehead atoms. The molecule has 0 aliphatic carbocycles. The van der Waals surface area contributed by atoms with Crippen molar-refractivity contribution in [2.24, 2.45) is 5.92 Å². The van der Waals surface area contributed by atoms with Crippen molar-refractivity contribution in [3.63, 3.8) is 0 Å². The lowest BCUT2D eigenvalue weighted by Crippen LogP contribution is -2.10. The van der Waals surface area contributed by atoms with E-state index in [0.29, 0.717) is 17.4 Å². The highest BCUT2D eigenvalue weighted by Gasteiger charge is 2.07. The highest BCUT2D eigenvalue weighted by atomic mass is 32.2. The largest absolute Gasteiger partial charge is 0.352 e. The molecule has 0 unspecified atom stereocenters. The number of hydrogen-bond acceptors (Lipinski definition) is 4. The predicted molar refractivity (Wildman–Crippen MR) is 83.9 cm³/mol. The second-order valence-corrected chi connectivity index (χ2v) is 7.58. The third-order valence-electron chi connectivity index (χ3n) is 3.08. The molecule has 0 aliphatic rings. The highest BCUT2D eigenvalue weighted by Crippen LogP contribution is 2.13. The number of nitrogens with one attached hydrogen (secondary N) is 1. The molecule has 6 heteroatoms. The minimum Gasteiger partial charge on any atom is -0.352 e. The van der Waals surface area contributed by atoms with E-state index in [1.807, 2.05) is 18.3 Å². The zero-order valence-electron chi connectivity index (χ0n) is 12.6. The van der Waals surface area contributed by atoms with Gasteiger partial charge in [0.1, 0.15) is 0 Å². The van der Waals surface area contributed by atoms with Crippen LogP contribution < -0.4 is 5.32 Å². The molecule has 0 saturated carbocycles. The molecule has 0 radical (unpaired) electrons. The van der Waals surface area contributed by atoms with Gasteiger partial charge in [0.25, 0.3) is 0 Å². The molecule has 0 fully saturated rings. The fourth-order valence-electron chi connectivity index (χ4n) is 2.05. The lowest BCUT2D eigenvalue weighted by Gasteiger charge is -2.12. The topological polar surface area (TPSA) is 64.0 Å². The van der Waals surface area contributed by atoms with Crippen molar-refractivity contribution in [2.75, 3.05) is 11.6 Å². The zero-order valence-corrected chi connectivity index (χ0v) is 13.4. The van der Waals surface area contributed by atoms with E-state index >= 15 is 0 Å². The summed E-state index contributed by atoms with van der Waals surface area (Å²) in [6.07, 6.45) is 4.94. The average Bonchev–Trinajstić information content (AvgIpc) is 2.82. The molecule has 2 aromatic rings. The van der Waals surface area contributed by atoms with Crippen molar-refractivity contribution >= 4 is 15.8 Å². The fraction of sp³-hybridized carbons (Fsp3) is 0.400. The summed E-state index contributed by atoms with van der Waals surface area (Å²) in [6.45, 7) is 5.84. The molecule has 21 heavy (non-hydrogen) atoms. The summed E-state index contributed by atoms with van der Waals surface area (Å²) in [5, 5.41) is 3.28. The zero-order chi connectivity index (χ0) is 15.5. The van der Waals surface area contributed by atoms with Crippen LogP contribution in [0.2, 0.25) is 0 Å². The molecule has 0 amide bonds. The Balaban J connectivity index is 2.02. The van der Waals surface area contributed by atoms with Gasteiger partial charge >= 0.3 is 0 Å². The minimum absolute atomic E-state index is 0.340. The first-order chi connectivity index (χ1) is 9.86. The van der Waals surface area contributed by atoms with Crippen LogP contribution in [-0.4, -0.2) is 24.2 Å². The van der Waals surface area contributed by atoms with Gasteiger partial charge in [0.05, 0.1) is 4.90 Å². The number of sulfone groups is 1. The van der Waals surface area contributed by atoms with Gasteiger partial charge in [-0.1, -0.05) is 26.0 Å².